The van der Waals surface area contributed by atoms with Crippen molar-refractivity contribution in [1.29, 1.82) is 0 Å². The molecule has 0 aliphatic carbocycles. The Morgan fingerprint density at radius 3 is 1.60 bits per heavy atom. The Kier molecular flexibility index (Phi) is 2.90. The molecule has 0 unspecified atom stereocenters. The van der Waals surface area contributed by atoms with Gasteiger partial charge in [0.2, 0.25) is 0 Å². The van der Waals surface area contributed by atoms with Gasteiger partial charge in [0, 0.05) is 5.41 Å². The van der Waals surface area contributed by atoms with E-state index >= 15 is 0 Å². The van der Waals surface area contributed by atoms with Crippen LogP contribution in [-0.4, -0.2) is 31.7 Å². The van der Waals surface area contributed by atoms with Gasteiger partial charge in [-0.3, -0.25) is 0 Å². The van der Waals surface area contributed by atoms with Crippen molar-refractivity contribution in [2.24, 2.45) is 5.41 Å². The van der Waals surface area contributed by atoms with E-state index in [1.165, 1.54) is 13.1 Å². The summed E-state index contributed by atoms with van der Waals surface area (Å²) in [6.07, 6.45) is 0. The van der Waals surface area contributed by atoms with Gasteiger partial charge in [-0.1, -0.05) is 20.8 Å². The van der Waals surface area contributed by atoms with Crippen LogP contribution < -0.4 is 0 Å². The van der Waals surface area contributed by atoms with Crippen molar-refractivity contribution in [3.05, 3.63) is 0 Å². The van der Waals surface area contributed by atoms with Gasteiger partial charge in [0.15, 0.2) is 0 Å². The molecule has 0 amide bonds. The van der Waals surface area contributed by atoms with Crippen molar-refractivity contribution in [3.63, 3.8) is 0 Å². The molecule has 0 bridgehead atoms. The van der Waals surface area contributed by atoms with Crippen LogP contribution in [0.1, 0.15) is 27.7 Å². The molecular weight excluding hydrogens is 122 g/mol. The molecule has 0 saturated heterocycles. The third-order valence-electron chi connectivity index (χ3n) is 1.76. The average Bonchev–Trinajstić information content (AvgIpc) is 1.60. The van der Waals surface area contributed by atoms with Crippen LogP contribution in [0.25, 0.3) is 0 Å². The first-order valence-electron chi connectivity index (χ1n) is 4.09. The molecule has 0 N–H and O–H groups in total. The highest BCUT2D eigenvalue weighted by Crippen LogP contribution is 2.17. The molecule has 0 heterocycles. The SMILES string of the molecule is CC[N+](C)(C)CC(C)(C)C. The summed E-state index contributed by atoms with van der Waals surface area (Å²) in [7, 11) is 4.57. The Labute approximate surface area is 65.6 Å². The second-order valence-corrected chi connectivity index (χ2v) is 4.97. The summed E-state index contributed by atoms with van der Waals surface area (Å²) in [5.74, 6) is 0. The Morgan fingerprint density at radius 2 is 1.50 bits per heavy atom. The van der Waals surface area contributed by atoms with Crippen LogP contribution in [0.3, 0.4) is 0 Å². The van der Waals surface area contributed by atoms with Crippen LogP contribution in [0.2, 0.25) is 0 Å². The van der Waals surface area contributed by atoms with Crippen LogP contribution in [0.15, 0.2) is 0 Å². The molecule has 62 valence electrons. The number of hydrogen-bond acceptors (Lipinski definition) is 0. The first kappa shape index (κ1) is 9.96. The molecule has 10 heavy (non-hydrogen) atoms. The highest BCUT2D eigenvalue weighted by Gasteiger charge is 2.22. The lowest BCUT2D eigenvalue weighted by atomic mass is 9.95. The van der Waals surface area contributed by atoms with Crippen LogP contribution in [0, 0.1) is 5.41 Å². The van der Waals surface area contributed by atoms with Crippen molar-refractivity contribution in [2.45, 2.75) is 27.7 Å². The fourth-order valence-corrected chi connectivity index (χ4v) is 1.40. The molecule has 0 radical (unpaired) electrons. The van der Waals surface area contributed by atoms with E-state index < -0.39 is 0 Å². The zero-order chi connectivity index (χ0) is 8.41. The summed E-state index contributed by atoms with van der Waals surface area (Å²) in [5, 5.41) is 0. The van der Waals surface area contributed by atoms with E-state index in [1.807, 2.05) is 0 Å². The first-order valence-corrected chi connectivity index (χ1v) is 4.09. The normalized spacial score (nSPS) is 13.8. The van der Waals surface area contributed by atoms with Crippen LogP contribution >= 0.6 is 0 Å². The zero-order valence-electron chi connectivity index (χ0n) is 8.36. The number of quaternary nitrogens is 1. The monoisotopic (exact) mass is 144 g/mol. The van der Waals surface area contributed by atoms with Gasteiger partial charge < -0.3 is 4.48 Å². The van der Waals surface area contributed by atoms with Crippen LogP contribution in [0.4, 0.5) is 0 Å². The molecule has 0 saturated carbocycles. The van der Waals surface area contributed by atoms with Crippen molar-refractivity contribution < 1.29 is 4.48 Å². The van der Waals surface area contributed by atoms with Crippen molar-refractivity contribution in [1.82, 2.24) is 0 Å². The number of nitrogens with zero attached hydrogens (tertiary/aromatic N) is 1. The Balaban J connectivity index is 3.89. The quantitative estimate of drug-likeness (QED) is 0.521. The van der Waals surface area contributed by atoms with Gasteiger partial charge in [0.25, 0.3) is 0 Å². The van der Waals surface area contributed by atoms with E-state index in [0.717, 1.165) is 4.48 Å². The van der Waals surface area contributed by atoms with E-state index in [4.69, 9.17) is 0 Å². The van der Waals surface area contributed by atoms with Crippen molar-refractivity contribution in [3.8, 4) is 0 Å². The Morgan fingerprint density at radius 1 is 1.10 bits per heavy atom. The molecule has 0 aliphatic rings. The van der Waals surface area contributed by atoms with Crippen LogP contribution in [0.5, 0.6) is 0 Å². The number of rotatable bonds is 2. The van der Waals surface area contributed by atoms with Gasteiger partial charge in [-0.25, -0.2) is 0 Å². The molecule has 0 aliphatic heterocycles. The third kappa shape index (κ3) is 4.80. The van der Waals surface area contributed by atoms with E-state index in [1.54, 1.807) is 0 Å². The van der Waals surface area contributed by atoms with Gasteiger partial charge in [-0.05, 0) is 6.92 Å². The summed E-state index contributed by atoms with van der Waals surface area (Å²) in [6, 6.07) is 0. The highest BCUT2D eigenvalue weighted by molar-refractivity contribution is 4.58. The lowest BCUT2D eigenvalue weighted by Gasteiger charge is -2.34. The van der Waals surface area contributed by atoms with Crippen molar-refractivity contribution >= 4 is 0 Å². The summed E-state index contributed by atoms with van der Waals surface area (Å²) in [5.41, 5.74) is 0.458. The maximum atomic E-state index is 2.29. The lowest BCUT2D eigenvalue weighted by molar-refractivity contribution is -0.894. The molecule has 0 aromatic rings. The minimum absolute atomic E-state index is 0.458. The fraction of sp³-hybridized carbons (Fsp3) is 1.00. The predicted molar refractivity (Wildman–Crippen MR) is 47.0 cm³/mol. The maximum Gasteiger partial charge on any atom is 0.0831 e. The summed E-state index contributed by atoms with van der Waals surface area (Å²) in [4.78, 5) is 0. The molecule has 0 aromatic carbocycles. The van der Waals surface area contributed by atoms with Crippen molar-refractivity contribution in [2.75, 3.05) is 27.2 Å². The number of hydrogen-bond donors (Lipinski definition) is 0. The summed E-state index contributed by atoms with van der Waals surface area (Å²) >= 11 is 0. The second-order valence-electron chi connectivity index (χ2n) is 4.97. The molecule has 0 spiro atoms. The van der Waals surface area contributed by atoms with Gasteiger partial charge >= 0.3 is 0 Å². The van der Waals surface area contributed by atoms with E-state index in [0.29, 0.717) is 5.41 Å². The topological polar surface area (TPSA) is 0 Å². The third-order valence-corrected chi connectivity index (χ3v) is 1.76. The second kappa shape index (κ2) is 2.91. The van der Waals surface area contributed by atoms with Gasteiger partial charge in [0.1, 0.15) is 0 Å². The van der Waals surface area contributed by atoms with Gasteiger partial charge in [0.05, 0.1) is 27.2 Å². The highest BCUT2D eigenvalue weighted by atomic mass is 15.3. The Hall–Kier alpha value is -0.0400. The molecule has 1 nitrogen and oxygen atoms in total. The van der Waals surface area contributed by atoms with Gasteiger partial charge in [-0.2, -0.15) is 0 Å². The van der Waals surface area contributed by atoms with Crippen LogP contribution in [-0.2, 0) is 0 Å². The molecular formula is C9H22N+. The summed E-state index contributed by atoms with van der Waals surface area (Å²) in [6.45, 7) is 11.6. The summed E-state index contributed by atoms with van der Waals surface area (Å²) < 4.78 is 1.13. The zero-order valence-corrected chi connectivity index (χ0v) is 8.36. The minimum atomic E-state index is 0.458. The standard InChI is InChI=1S/C9H22N/c1-7-10(5,6)8-9(2,3)4/h7-8H2,1-6H3/q+1. The van der Waals surface area contributed by atoms with E-state index in [9.17, 15) is 0 Å². The minimum Gasteiger partial charge on any atom is -0.328 e. The maximum absolute atomic E-state index is 2.29. The van der Waals surface area contributed by atoms with E-state index in [-0.39, 0.29) is 0 Å². The Bertz CT molecular complexity index is 97.8. The largest absolute Gasteiger partial charge is 0.328 e. The molecule has 0 atom stereocenters. The molecule has 0 rings (SSSR count). The fourth-order valence-electron chi connectivity index (χ4n) is 1.40. The smallest absolute Gasteiger partial charge is 0.0831 e. The predicted octanol–water partition coefficient (Wildman–Crippen LogP) is 2.13. The molecule has 0 aromatic heterocycles. The van der Waals surface area contributed by atoms with Gasteiger partial charge in [-0.15, -0.1) is 0 Å². The molecule has 1 heteroatoms. The average molecular weight is 144 g/mol. The first-order chi connectivity index (χ1) is 4.27. The molecule has 0 fully saturated rings. The van der Waals surface area contributed by atoms with E-state index in [2.05, 4.69) is 41.8 Å². The lowest BCUT2D eigenvalue weighted by Crippen LogP contribution is -2.45.